The van der Waals surface area contributed by atoms with Gasteiger partial charge < -0.3 is 10.1 Å². The first-order chi connectivity index (χ1) is 10.7. The Labute approximate surface area is 133 Å². The second-order valence-electron chi connectivity index (χ2n) is 6.89. The van der Waals surface area contributed by atoms with Crippen LogP contribution in [-0.2, 0) is 10.2 Å². The molecule has 2 aliphatic carbocycles. The molecule has 1 aromatic rings. The molecule has 0 atom stereocenters. The minimum Gasteiger partial charge on any atom is -0.496 e. The predicted molar refractivity (Wildman–Crippen MR) is 88.1 cm³/mol. The van der Waals surface area contributed by atoms with Gasteiger partial charge in [0.25, 0.3) is 0 Å². The van der Waals surface area contributed by atoms with E-state index in [0.717, 1.165) is 38.0 Å². The fraction of sp³-hybridized carbons (Fsp3) is 0.632. The Hall–Kier alpha value is -1.51. The average molecular weight is 301 g/mol. The highest BCUT2D eigenvalue weighted by Crippen LogP contribution is 2.46. The van der Waals surface area contributed by atoms with Gasteiger partial charge >= 0.3 is 0 Å². The van der Waals surface area contributed by atoms with E-state index >= 15 is 0 Å². The van der Waals surface area contributed by atoms with Crippen LogP contribution in [0, 0.1) is 5.92 Å². The van der Waals surface area contributed by atoms with Crippen molar-refractivity contribution < 1.29 is 9.53 Å². The predicted octanol–water partition coefficient (Wildman–Crippen LogP) is 3.81. The first-order valence-corrected chi connectivity index (χ1v) is 8.66. The van der Waals surface area contributed by atoms with Crippen LogP contribution in [0.1, 0.15) is 56.9 Å². The number of hydrogen-bond donors (Lipinski definition) is 1. The molecule has 2 saturated carbocycles. The number of para-hydroxylation sites is 1. The number of nitrogens with one attached hydrogen (secondary N) is 1. The van der Waals surface area contributed by atoms with Crippen LogP contribution in [0.4, 0.5) is 0 Å². The van der Waals surface area contributed by atoms with Crippen molar-refractivity contribution >= 4 is 5.91 Å². The van der Waals surface area contributed by atoms with E-state index in [9.17, 15) is 4.79 Å². The molecule has 0 saturated heterocycles. The van der Waals surface area contributed by atoms with Crippen LogP contribution in [0.2, 0.25) is 0 Å². The zero-order valence-corrected chi connectivity index (χ0v) is 13.6. The van der Waals surface area contributed by atoms with E-state index < -0.39 is 0 Å². The van der Waals surface area contributed by atoms with Gasteiger partial charge in [-0.05, 0) is 31.7 Å². The molecular weight excluding hydrogens is 274 g/mol. The van der Waals surface area contributed by atoms with E-state index in [4.69, 9.17) is 4.74 Å². The third kappa shape index (κ3) is 2.99. The summed E-state index contributed by atoms with van der Waals surface area (Å²) in [5.74, 6) is 1.46. The van der Waals surface area contributed by atoms with Gasteiger partial charge in [0.1, 0.15) is 5.75 Å². The van der Waals surface area contributed by atoms with Crippen molar-refractivity contribution in [2.45, 2.75) is 56.8 Å². The van der Waals surface area contributed by atoms with Crippen LogP contribution in [-0.4, -0.2) is 19.6 Å². The van der Waals surface area contributed by atoms with Crippen molar-refractivity contribution in [3.05, 3.63) is 29.8 Å². The number of carbonyl (C=O) groups is 1. The molecule has 3 heteroatoms. The number of hydrogen-bond acceptors (Lipinski definition) is 2. The third-order valence-corrected chi connectivity index (χ3v) is 5.57. The molecule has 0 radical (unpaired) electrons. The Morgan fingerprint density at radius 1 is 1.18 bits per heavy atom. The van der Waals surface area contributed by atoms with Crippen LogP contribution < -0.4 is 10.1 Å². The second kappa shape index (κ2) is 6.72. The molecule has 0 aromatic heterocycles. The van der Waals surface area contributed by atoms with E-state index in [-0.39, 0.29) is 17.2 Å². The first-order valence-electron chi connectivity index (χ1n) is 8.66. The van der Waals surface area contributed by atoms with Crippen molar-refractivity contribution in [1.29, 1.82) is 0 Å². The molecular formula is C19H27NO2. The summed E-state index contributed by atoms with van der Waals surface area (Å²) in [6, 6.07) is 8.26. The number of amides is 1. The molecule has 3 nitrogen and oxygen atoms in total. The molecule has 0 aliphatic heterocycles. The fourth-order valence-electron chi connectivity index (χ4n) is 3.99. The van der Waals surface area contributed by atoms with Crippen LogP contribution in [0.3, 0.4) is 0 Å². The number of methoxy groups -OCH3 is 1. The zero-order chi connectivity index (χ0) is 15.4. The molecule has 1 N–H and O–H groups in total. The summed E-state index contributed by atoms with van der Waals surface area (Å²) in [4.78, 5) is 12.4. The highest BCUT2D eigenvalue weighted by molar-refractivity contribution is 5.78. The van der Waals surface area contributed by atoms with Crippen molar-refractivity contribution in [2.75, 3.05) is 13.7 Å². The lowest BCUT2D eigenvalue weighted by atomic mass is 9.64. The quantitative estimate of drug-likeness (QED) is 0.898. The molecule has 1 aromatic carbocycles. The molecule has 0 bridgehead atoms. The minimum absolute atomic E-state index is 0.0803. The summed E-state index contributed by atoms with van der Waals surface area (Å²) >= 11 is 0. The van der Waals surface area contributed by atoms with Crippen molar-refractivity contribution in [3.8, 4) is 5.75 Å². The first kappa shape index (κ1) is 15.4. The van der Waals surface area contributed by atoms with Gasteiger partial charge in [-0.3, -0.25) is 4.79 Å². The maximum Gasteiger partial charge on any atom is 0.223 e. The van der Waals surface area contributed by atoms with Gasteiger partial charge in [0.15, 0.2) is 0 Å². The van der Waals surface area contributed by atoms with Gasteiger partial charge in [-0.1, -0.05) is 43.9 Å². The summed E-state index contributed by atoms with van der Waals surface area (Å²) in [6.45, 7) is 0.753. The van der Waals surface area contributed by atoms with Crippen LogP contribution >= 0.6 is 0 Å². The molecule has 1 amide bonds. The van der Waals surface area contributed by atoms with Crippen LogP contribution in [0.5, 0.6) is 5.75 Å². The van der Waals surface area contributed by atoms with Gasteiger partial charge in [0.2, 0.25) is 5.91 Å². The average Bonchev–Trinajstić information content (AvgIpc) is 2.55. The summed E-state index contributed by atoms with van der Waals surface area (Å²) < 4.78 is 5.54. The largest absolute Gasteiger partial charge is 0.496 e. The van der Waals surface area contributed by atoms with Crippen LogP contribution in [0.25, 0.3) is 0 Å². The van der Waals surface area contributed by atoms with Crippen molar-refractivity contribution in [1.82, 2.24) is 5.32 Å². The van der Waals surface area contributed by atoms with E-state index in [1.54, 1.807) is 7.11 Å². The number of rotatable bonds is 5. The molecule has 120 valence electrons. The molecule has 0 heterocycles. The van der Waals surface area contributed by atoms with E-state index in [1.807, 2.05) is 12.1 Å². The van der Waals surface area contributed by atoms with E-state index in [0.29, 0.717) is 0 Å². The molecule has 3 rings (SSSR count). The Balaban J connectivity index is 1.67. The maximum absolute atomic E-state index is 12.4. The minimum atomic E-state index is 0.0803. The normalized spacial score (nSPS) is 21.0. The monoisotopic (exact) mass is 301 g/mol. The highest BCUT2D eigenvalue weighted by atomic mass is 16.5. The Bertz CT molecular complexity index is 516. The van der Waals surface area contributed by atoms with Crippen molar-refractivity contribution in [2.24, 2.45) is 5.92 Å². The second-order valence-corrected chi connectivity index (χ2v) is 6.89. The molecule has 2 fully saturated rings. The number of carbonyl (C=O) groups excluding carboxylic acids is 1. The molecule has 2 aliphatic rings. The summed E-state index contributed by atoms with van der Waals surface area (Å²) in [5, 5.41) is 3.25. The van der Waals surface area contributed by atoms with Crippen LogP contribution in [0.15, 0.2) is 24.3 Å². The van der Waals surface area contributed by atoms with Gasteiger partial charge in [-0.15, -0.1) is 0 Å². The lowest BCUT2D eigenvalue weighted by Crippen LogP contribution is -2.47. The lowest BCUT2D eigenvalue weighted by Gasteiger charge is -2.43. The highest BCUT2D eigenvalue weighted by Gasteiger charge is 2.41. The Morgan fingerprint density at radius 3 is 2.55 bits per heavy atom. The molecule has 0 spiro atoms. The Morgan fingerprint density at radius 2 is 1.91 bits per heavy atom. The number of benzene rings is 1. The third-order valence-electron chi connectivity index (χ3n) is 5.57. The van der Waals surface area contributed by atoms with Gasteiger partial charge in [0, 0.05) is 23.4 Å². The van der Waals surface area contributed by atoms with Gasteiger partial charge in [0.05, 0.1) is 7.11 Å². The SMILES string of the molecule is COc1ccccc1C1(CNC(=O)C2CCCCC2)CCC1. The fourth-order valence-corrected chi connectivity index (χ4v) is 3.99. The van der Waals surface area contributed by atoms with E-state index in [1.165, 1.54) is 31.2 Å². The lowest BCUT2D eigenvalue weighted by molar-refractivity contribution is -0.126. The molecule has 22 heavy (non-hydrogen) atoms. The standard InChI is InChI=1S/C19H27NO2/c1-22-17-11-6-5-10-16(17)19(12-7-13-19)14-20-18(21)15-8-3-2-4-9-15/h5-6,10-11,15H,2-4,7-9,12-14H2,1H3,(H,20,21). The summed E-state index contributed by atoms with van der Waals surface area (Å²) in [7, 11) is 1.73. The summed E-state index contributed by atoms with van der Waals surface area (Å²) in [6.07, 6.45) is 9.33. The smallest absolute Gasteiger partial charge is 0.223 e. The number of ether oxygens (including phenoxy) is 1. The summed E-state index contributed by atoms with van der Waals surface area (Å²) in [5.41, 5.74) is 1.34. The zero-order valence-electron chi connectivity index (χ0n) is 13.6. The van der Waals surface area contributed by atoms with E-state index in [2.05, 4.69) is 17.4 Å². The molecule has 0 unspecified atom stereocenters. The van der Waals surface area contributed by atoms with Crippen molar-refractivity contribution in [3.63, 3.8) is 0 Å². The Kier molecular flexibility index (Phi) is 4.70. The van der Waals surface area contributed by atoms with Gasteiger partial charge in [-0.25, -0.2) is 0 Å². The topological polar surface area (TPSA) is 38.3 Å². The van der Waals surface area contributed by atoms with Gasteiger partial charge in [-0.2, -0.15) is 0 Å². The maximum atomic E-state index is 12.4.